The average Bonchev–Trinajstić information content (AvgIpc) is 2.54. The van der Waals surface area contributed by atoms with Gasteiger partial charge in [0.1, 0.15) is 13.2 Å². The topological polar surface area (TPSA) is 120 Å². The summed E-state index contributed by atoms with van der Waals surface area (Å²) in [5.41, 5.74) is 7.02. The van der Waals surface area contributed by atoms with Crippen molar-refractivity contribution in [2.45, 2.75) is 6.61 Å². The molecule has 8 nitrogen and oxygen atoms in total. The molecule has 1 amide bonds. The summed E-state index contributed by atoms with van der Waals surface area (Å²) < 4.78 is 23.4. The van der Waals surface area contributed by atoms with E-state index in [1.807, 2.05) is 0 Å². The van der Waals surface area contributed by atoms with Crippen LogP contribution in [0.1, 0.15) is 5.56 Å². The maximum Gasteiger partial charge on any atom is 0.412 e. The standard InChI is InChI=1S/C14H15FN4O4/c15-11-7-17-13(18-12(11)19-14(21)22-5-4-20)23-8-9-2-1-3-10(16)6-9/h1-3,6-7,20H,4-5,8,16H2,(H,17,18,19,21). The van der Waals surface area contributed by atoms with Gasteiger partial charge in [0.2, 0.25) is 0 Å². The van der Waals surface area contributed by atoms with Crippen LogP contribution < -0.4 is 15.8 Å². The second kappa shape index (κ2) is 7.90. The quantitative estimate of drug-likeness (QED) is 0.686. The Morgan fingerprint density at radius 3 is 3.00 bits per heavy atom. The maximum absolute atomic E-state index is 13.6. The molecule has 1 aromatic carbocycles. The molecule has 0 aliphatic carbocycles. The van der Waals surface area contributed by atoms with Crippen molar-refractivity contribution in [1.82, 2.24) is 9.97 Å². The second-order valence-electron chi connectivity index (χ2n) is 4.37. The Morgan fingerprint density at radius 1 is 1.43 bits per heavy atom. The Kier molecular flexibility index (Phi) is 5.64. The monoisotopic (exact) mass is 322 g/mol. The van der Waals surface area contributed by atoms with Crippen LogP contribution in [-0.2, 0) is 11.3 Å². The number of aromatic nitrogens is 2. The first-order valence-electron chi connectivity index (χ1n) is 6.63. The van der Waals surface area contributed by atoms with Crippen molar-refractivity contribution >= 4 is 17.6 Å². The largest absolute Gasteiger partial charge is 0.459 e. The number of nitrogen functional groups attached to an aromatic ring is 1. The van der Waals surface area contributed by atoms with Crippen LogP contribution in [0.3, 0.4) is 0 Å². The van der Waals surface area contributed by atoms with E-state index in [1.54, 1.807) is 24.3 Å². The molecule has 2 aromatic rings. The number of rotatable bonds is 6. The van der Waals surface area contributed by atoms with Crippen LogP contribution in [0.2, 0.25) is 0 Å². The van der Waals surface area contributed by atoms with Crippen molar-refractivity contribution in [3.05, 3.63) is 41.8 Å². The molecule has 9 heteroatoms. The van der Waals surface area contributed by atoms with Crippen molar-refractivity contribution in [3.63, 3.8) is 0 Å². The molecule has 0 saturated heterocycles. The molecule has 0 unspecified atom stereocenters. The fraction of sp³-hybridized carbons (Fsp3) is 0.214. The highest BCUT2D eigenvalue weighted by Crippen LogP contribution is 2.15. The highest BCUT2D eigenvalue weighted by Gasteiger charge is 2.12. The number of nitrogens with two attached hydrogens (primary N) is 1. The molecule has 0 aliphatic heterocycles. The predicted molar refractivity (Wildman–Crippen MR) is 79.2 cm³/mol. The van der Waals surface area contributed by atoms with E-state index in [0.29, 0.717) is 5.69 Å². The molecular weight excluding hydrogens is 307 g/mol. The molecule has 23 heavy (non-hydrogen) atoms. The Balaban J connectivity index is 2.00. The van der Waals surface area contributed by atoms with Gasteiger partial charge in [-0.15, -0.1) is 0 Å². The first-order chi connectivity index (χ1) is 11.1. The van der Waals surface area contributed by atoms with Gasteiger partial charge in [-0.1, -0.05) is 12.1 Å². The van der Waals surface area contributed by atoms with Crippen LogP contribution in [-0.4, -0.2) is 34.4 Å². The summed E-state index contributed by atoms with van der Waals surface area (Å²) in [6.45, 7) is -0.420. The van der Waals surface area contributed by atoms with Crippen molar-refractivity contribution in [1.29, 1.82) is 0 Å². The number of nitrogens with zero attached hydrogens (tertiary/aromatic N) is 2. The summed E-state index contributed by atoms with van der Waals surface area (Å²) in [5, 5.41) is 10.6. The third-order valence-electron chi connectivity index (χ3n) is 2.59. The van der Waals surface area contributed by atoms with E-state index in [4.69, 9.17) is 15.6 Å². The molecule has 122 valence electrons. The number of aliphatic hydroxyl groups is 1. The predicted octanol–water partition coefficient (Wildman–Crippen LogP) is 1.32. The van der Waals surface area contributed by atoms with Crippen LogP contribution >= 0.6 is 0 Å². The fourth-order valence-electron chi connectivity index (χ4n) is 1.61. The lowest BCUT2D eigenvalue weighted by atomic mass is 10.2. The van der Waals surface area contributed by atoms with Gasteiger partial charge in [-0.05, 0) is 17.7 Å². The summed E-state index contributed by atoms with van der Waals surface area (Å²) in [6.07, 6.45) is -0.0815. The number of ether oxygens (including phenoxy) is 2. The minimum absolute atomic E-state index is 0.119. The number of carbonyl (C=O) groups is 1. The van der Waals surface area contributed by atoms with E-state index in [9.17, 15) is 9.18 Å². The molecule has 0 saturated carbocycles. The summed E-state index contributed by atoms with van der Waals surface area (Å²) >= 11 is 0. The third-order valence-corrected chi connectivity index (χ3v) is 2.59. The lowest BCUT2D eigenvalue weighted by Gasteiger charge is -2.08. The van der Waals surface area contributed by atoms with E-state index in [1.165, 1.54) is 0 Å². The van der Waals surface area contributed by atoms with E-state index in [-0.39, 0.29) is 31.6 Å². The van der Waals surface area contributed by atoms with Gasteiger partial charge in [-0.2, -0.15) is 4.98 Å². The molecule has 2 rings (SSSR count). The molecule has 0 atom stereocenters. The summed E-state index contributed by atoms with van der Waals surface area (Å²) in [7, 11) is 0. The van der Waals surface area contributed by atoms with Crippen molar-refractivity contribution in [2.24, 2.45) is 0 Å². The van der Waals surface area contributed by atoms with Gasteiger partial charge in [0.05, 0.1) is 12.8 Å². The molecule has 0 radical (unpaired) electrons. The molecular formula is C14H15FN4O4. The Labute approximate surface area is 131 Å². The van der Waals surface area contributed by atoms with E-state index >= 15 is 0 Å². The first kappa shape index (κ1) is 16.4. The molecule has 0 aliphatic rings. The number of nitrogens with one attached hydrogen (secondary N) is 1. The molecule has 0 fully saturated rings. The number of amides is 1. The van der Waals surface area contributed by atoms with E-state index < -0.39 is 11.9 Å². The van der Waals surface area contributed by atoms with Crippen molar-refractivity contribution in [2.75, 3.05) is 24.3 Å². The number of carbonyl (C=O) groups excluding carboxylic acids is 1. The van der Waals surface area contributed by atoms with E-state index in [0.717, 1.165) is 11.8 Å². The number of hydrogen-bond acceptors (Lipinski definition) is 7. The zero-order valence-corrected chi connectivity index (χ0v) is 12.0. The summed E-state index contributed by atoms with van der Waals surface area (Å²) in [6, 6.07) is 6.90. The van der Waals surface area contributed by atoms with Gasteiger partial charge in [-0.3, -0.25) is 5.32 Å². The number of anilines is 2. The van der Waals surface area contributed by atoms with Crippen molar-refractivity contribution in [3.8, 4) is 6.01 Å². The molecule has 4 N–H and O–H groups in total. The minimum Gasteiger partial charge on any atom is -0.459 e. The number of benzene rings is 1. The third kappa shape index (κ3) is 5.08. The number of hydrogen-bond donors (Lipinski definition) is 3. The highest BCUT2D eigenvalue weighted by atomic mass is 19.1. The summed E-state index contributed by atoms with van der Waals surface area (Å²) in [5.74, 6) is -1.23. The van der Waals surface area contributed by atoms with Crippen LogP contribution in [0.15, 0.2) is 30.5 Å². The average molecular weight is 322 g/mol. The molecule has 0 bridgehead atoms. The first-order valence-corrected chi connectivity index (χ1v) is 6.63. The lowest BCUT2D eigenvalue weighted by molar-refractivity contribution is 0.131. The SMILES string of the molecule is Nc1cccc(COc2ncc(F)c(NC(=O)OCCO)n2)c1. The second-order valence-corrected chi connectivity index (χ2v) is 4.37. The zero-order chi connectivity index (χ0) is 16.7. The van der Waals surface area contributed by atoms with Gasteiger partial charge >= 0.3 is 12.1 Å². The Morgan fingerprint density at radius 2 is 2.26 bits per heavy atom. The van der Waals surface area contributed by atoms with Gasteiger partial charge in [-0.25, -0.2) is 14.2 Å². The van der Waals surface area contributed by atoms with Crippen LogP contribution in [0.5, 0.6) is 6.01 Å². The highest BCUT2D eigenvalue weighted by molar-refractivity contribution is 5.83. The molecule has 1 heterocycles. The fourth-order valence-corrected chi connectivity index (χ4v) is 1.61. The van der Waals surface area contributed by atoms with Crippen molar-refractivity contribution < 1.29 is 23.8 Å². The number of halogens is 1. The van der Waals surface area contributed by atoms with E-state index in [2.05, 4.69) is 20.0 Å². The molecule has 0 spiro atoms. The Hall–Kier alpha value is -2.94. The zero-order valence-electron chi connectivity index (χ0n) is 12.0. The normalized spacial score (nSPS) is 10.2. The summed E-state index contributed by atoms with van der Waals surface area (Å²) in [4.78, 5) is 18.7. The minimum atomic E-state index is -0.946. The van der Waals surface area contributed by atoms with Gasteiger partial charge < -0.3 is 20.3 Å². The van der Waals surface area contributed by atoms with Gasteiger partial charge in [0.15, 0.2) is 11.6 Å². The Bertz CT molecular complexity index is 684. The maximum atomic E-state index is 13.6. The number of aliphatic hydroxyl groups excluding tert-OH is 1. The lowest BCUT2D eigenvalue weighted by Crippen LogP contribution is -2.18. The smallest absolute Gasteiger partial charge is 0.412 e. The molecule has 1 aromatic heterocycles. The van der Waals surface area contributed by atoms with Gasteiger partial charge in [0.25, 0.3) is 0 Å². The van der Waals surface area contributed by atoms with Crippen LogP contribution in [0, 0.1) is 5.82 Å². The van der Waals surface area contributed by atoms with Crippen LogP contribution in [0.25, 0.3) is 0 Å². The van der Waals surface area contributed by atoms with Gasteiger partial charge in [0, 0.05) is 5.69 Å². The van der Waals surface area contributed by atoms with Crippen LogP contribution in [0.4, 0.5) is 20.7 Å².